The van der Waals surface area contributed by atoms with E-state index in [1.54, 1.807) is 0 Å². The fraction of sp³-hybridized carbons (Fsp3) is 0.812. The zero-order chi connectivity index (χ0) is 16.0. The van der Waals surface area contributed by atoms with Crippen LogP contribution in [0.15, 0.2) is 4.47 Å². The summed E-state index contributed by atoms with van der Waals surface area (Å²) in [6.45, 7) is 12.6. The monoisotopic (exact) mass is 359 g/mol. The van der Waals surface area contributed by atoms with Gasteiger partial charge in [0, 0.05) is 26.1 Å². The van der Waals surface area contributed by atoms with E-state index in [9.17, 15) is 0 Å². The van der Waals surface area contributed by atoms with E-state index in [0.29, 0.717) is 0 Å². The number of halogens is 1. The molecule has 0 saturated heterocycles. The fourth-order valence-electron chi connectivity index (χ4n) is 2.61. The van der Waals surface area contributed by atoms with E-state index in [1.165, 1.54) is 5.69 Å². The van der Waals surface area contributed by atoms with Gasteiger partial charge in [0.1, 0.15) is 0 Å². The maximum Gasteiger partial charge on any atom is 0.0804 e. The SMILES string of the molecule is CCCNC(Cc1c(Br)c(C)nn1CC)C(C)(CC)OC. The van der Waals surface area contributed by atoms with Crippen LogP contribution in [0, 0.1) is 6.92 Å². The number of hydrogen-bond acceptors (Lipinski definition) is 3. The Morgan fingerprint density at radius 3 is 2.52 bits per heavy atom. The second-order valence-electron chi connectivity index (χ2n) is 5.74. The molecule has 1 N–H and O–H groups in total. The third kappa shape index (κ3) is 4.30. The van der Waals surface area contributed by atoms with Gasteiger partial charge >= 0.3 is 0 Å². The van der Waals surface area contributed by atoms with E-state index in [-0.39, 0.29) is 11.6 Å². The molecule has 0 aliphatic rings. The smallest absolute Gasteiger partial charge is 0.0804 e. The first-order chi connectivity index (χ1) is 9.93. The van der Waals surface area contributed by atoms with Crippen molar-refractivity contribution in [2.75, 3.05) is 13.7 Å². The van der Waals surface area contributed by atoms with Gasteiger partial charge in [0.2, 0.25) is 0 Å². The summed E-state index contributed by atoms with van der Waals surface area (Å²) in [5.41, 5.74) is 2.13. The van der Waals surface area contributed by atoms with Crippen molar-refractivity contribution in [1.82, 2.24) is 15.1 Å². The average Bonchev–Trinajstić information content (AvgIpc) is 2.77. The first kappa shape index (κ1) is 18.7. The Balaban J connectivity index is 3.06. The van der Waals surface area contributed by atoms with Crippen LogP contribution in [0.3, 0.4) is 0 Å². The van der Waals surface area contributed by atoms with E-state index in [1.807, 2.05) is 14.0 Å². The Morgan fingerprint density at radius 1 is 1.38 bits per heavy atom. The van der Waals surface area contributed by atoms with Crippen LogP contribution in [0.2, 0.25) is 0 Å². The van der Waals surface area contributed by atoms with Crippen LogP contribution in [0.5, 0.6) is 0 Å². The Morgan fingerprint density at radius 2 is 2.05 bits per heavy atom. The largest absolute Gasteiger partial charge is 0.377 e. The molecule has 0 aliphatic heterocycles. The number of nitrogens with zero attached hydrogens (tertiary/aromatic N) is 2. The van der Waals surface area contributed by atoms with Crippen LogP contribution < -0.4 is 5.32 Å². The maximum atomic E-state index is 5.83. The molecule has 0 saturated carbocycles. The highest BCUT2D eigenvalue weighted by Crippen LogP contribution is 2.27. The van der Waals surface area contributed by atoms with Crippen LogP contribution in [-0.2, 0) is 17.7 Å². The number of methoxy groups -OCH3 is 1. The number of nitrogens with one attached hydrogen (secondary N) is 1. The molecule has 2 unspecified atom stereocenters. The van der Waals surface area contributed by atoms with Gasteiger partial charge in [-0.2, -0.15) is 5.10 Å². The van der Waals surface area contributed by atoms with Gasteiger partial charge in [-0.25, -0.2) is 0 Å². The molecule has 0 radical (unpaired) electrons. The number of aryl methyl sites for hydroxylation is 2. The Kier molecular flexibility index (Phi) is 7.37. The number of ether oxygens (including phenoxy) is 1. The maximum absolute atomic E-state index is 5.83. The highest BCUT2D eigenvalue weighted by atomic mass is 79.9. The summed E-state index contributed by atoms with van der Waals surface area (Å²) < 4.78 is 9.05. The Labute approximate surface area is 137 Å². The number of rotatable bonds is 9. The van der Waals surface area contributed by atoms with Gasteiger partial charge in [-0.15, -0.1) is 0 Å². The molecule has 0 aliphatic carbocycles. The van der Waals surface area contributed by atoms with Crippen molar-refractivity contribution in [2.45, 2.75) is 72.1 Å². The van der Waals surface area contributed by atoms with E-state index in [0.717, 1.165) is 42.5 Å². The lowest BCUT2D eigenvalue weighted by Gasteiger charge is -2.36. The van der Waals surface area contributed by atoms with Crippen LogP contribution >= 0.6 is 15.9 Å². The summed E-state index contributed by atoms with van der Waals surface area (Å²) in [5, 5.41) is 8.26. The highest BCUT2D eigenvalue weighted by Gasteiger charge is 2.33. The second kappa shape index (κ2) is 8.30. The Hall–Kier alpha value is -0.390. The van der Waals surface area contributed by atoms with Crippen molar-refractivity contribution >= 4 is 15.9 Å². The quantitative estimate of drug-likeness (QED) is 0.730. The molecule has 1 heterocycles. The normalized spacial score (nSPS) is 16.0. The molecule has 1 rings (SSSR count). The summed E-state index contributed by atoms with van der Waals surface area (Å²) in [4.78, 5) is 0. The number of aromatic nitrogens is 2. The van der Waals surface area contributed by atoms with Gasteiger partial charge in [-0.05, 0) is 56.1 Å². The average molecular weight is 360 g/mol. The molecule has 4 nitrogen and oxygen atoms in total. The Bertz CT molecular complexity index is 441. The lowest BCUT2D eigenvalue weighted by molar-refractivity contribution is -0.0292. The van der Waals surface area contributed by atoms with Gasteiger partial charge in [-0.1, -0.05) is 13.8 Å². The molecule has 1 aromatic heterocycles. The molecular weight excluding hydrogens is 330 g/mol. The minimum atomic E-state index is -0.175. The van der Waals surface area contributed by atoms with E-state index >= 15 is 0 Å². The molecule has 0 bridgehead atoms. The summed E-state index contributed by atoms with van der Waals surface area (Å²) in [6.07, 6.45) is 3.00. The lowest BCUT2D eigenvalue weighted by atomic mass is 9.89. The van der Waals surface area contributed by atoms with Crippen molar-refractivity contribution in [3.63, 3.8) is 0 Å². The molecular formula is C16H30BrN3O. The van der Waals surface area contributed by atoms with Crippen molar-refractivity contribution in [3.05, 3.63) is 15.9 Å². The van der Waals surface area contributed by atoms with Crippen molar-refractivity contribution < 1.29 is 4.74 Å². The predicted octanol–water partition coefficient (Wildman–Crippen LogP) is 3.70. The van der Waals surface area contributed by atoms with Crippen LogP contribution in [-0.4, -0.2) is 35.1 Å². The summed E-state index contributed by atoms with van der Waals surface area (Å²) in [6, 6.07) is 0.269. The highest BCUT2D eigenvalue weighted by molar-refractivity contribution is 9.10. The molecule has 5 heteroatoms. The summed E-state index contributed by atoms with van der Waals surface area (Å²) >= 11 is 3.70. The first-order valence-electron chi connectivity index (χ1n) is 7.93. The topological polar surface area (TPSA) is 39.1 Å². The molecule has 2 atom stereocenters. The third-order valence-electron chi connectivity index (χ3n) is 4.40. The third-order valence-corrected chi connectivity index (χ3v) is 5.43. The van der Waals surface area contributed by atoms with Crippen molar-refractivity contribution in [1.29, 1.82) is 0 Å². The second-order valence-corrected chi connectivity index (χ2v) is 6.54. The minimum Gasteiger partial charge on any atom is -0.377 e. The van der Waals surface area contributed by atoms with Crippen LogP contribution in [0.1, 0.15) is 51.9 Å². The van der Waals surface area contributed by atoms with E-state index < -0.39 is 0 Å². The molecule has 21 heavy (non-hydrogen) atoms. The van der Waals surface area contributed by atoms with E-state index in [2.05, 4.69) is 58.7 Å². The van der Waals surface area contributed by atoms with Gasteiger partial charge in [0.05, 0.1) is 21.5 Å². The minimum absolute atomic E-state index is 0.175. The first-order valence-corrected chi connectivity index (χ1v) is 8.73. The van der Waals surface area contributed by atoms with Crippen molar-refractivity contribution in [2.24, 2.45) is 0 Å². The molecule has 0 spiro atoms. The van der Waals surface area contributed by atoms with E-state index in [4.69, 9.17) is 4.74 Å². The van der Waals surface area contributed by atoms with Crippen LogP contribution in [0.4, 0.5) is 0 Å². The summed E-state index contributed by atoms with van der Waals surface area (Å²) in [7, 11) is 1.81. The van der Waals surface area contributed by atoms with Gasteiger partial charge in [0.25, 0.3) is 0 Å². The number of hydrogen-bond donors (Lipinski definition) is 1. The molecule has 122 valence electrons. The fourth-order valence-corrected chi connectivity index (χ4v) is 3.06. The molecule has 0 fully saturated rings. The molecule has 1 aromatic rings. The van der Waals surface area contributed by atoms with Crippen LogP contribution in [0.25, 0.3) is 0 Å². The molecule has 0 amide bonds. The van der Waals surface area contributed by atoms with Gasteiger partial charge in [0.15, 0.2) is 0 Å². The predicted molar refractivity (Wildman–Crippen MR) is 91.8 cm³/mol. The lowest BCUT2D eigenvalue weighted by Crippen LogP contribution is -2.51. The molecule has 0 aromatic carbocycles. The standard InChI is InChI=1S/C16H30BrN3O/c1-7-10-18-14(16(5,8-2)21-6)11-13-15(17)12(4)19-20(13)9-3/h14,18H,7-11H2,1-6H3. The zero-order valence-corrected chi connectivity index (χ0v) is 15.9. The van der Waals surface area contributed by atoms with Gasteiger partial charge < -0.3 is 10.1 Å². The van der Waals surface area contributed by atoms with Gasteiger partial charge in [-0.3, -0.25) is 4.68 Å². The summed E-state index contributed by atoms with van der Waals surface area (Å²) in [5.74, 6) is 0. The van der Waals surface area contributed by atoms with Crippen molar-refractivity contribution in [3.8, 4) is 0 Å². The zero-order valence-electron chi connectivity index (χ0n) is 14.3.